The zero-order valence-corrected chi connectivity index (χ0v) is 16.5. The summed E-state index contributed by atoms with van der Waals surface area (Å²) in [6.45, 7) is 2.84. The SMILES string of the molecule is C/C=C/c1ccc(OCC(=O)Nc2cc(F)c(N3CCCC3)c(F)c2)c(OC)c1. The van der Waals surface area contributed by atoms with E-state index in [-0.39, 0.29) is 18.0 Å². The van der Waals surface area contributed by atoms with Crippen molar-refractivity contribution in [3.63, 3.8) is 0 Å². The standard InChI is InChI=1S/C22H24F2N2O3/c1-3-6-15-7-8-19(20(11-15)28-2)29-14-21(27)25-16-12-17(23)22(18(24)13-16)26-9-4-5-10-26/h3,6-8,11-13H,4-5,9-10,14H2,1-2H3,(H,25,27)/b6-3+. The fourth-order valence-corrected chi connectivity index (χ4v) is 3.32. The van der Waals surface area contributed by atoms with E-state index < -0.39 is 17.5 Å². The zero-order valence-electron chi connectivity index (χ0n) is 16.5. The molecule has 0 unspecified atom stereocenters. The van der Waals surface area contributed by atoms with Crippen molar-refractivity contribution in [2.75, 3.05) is 37.0 Å². The Kier molecular flexibility index (Phi) is 6.69. The first-order valence-electron chi connectivity index (χ1n) is 9.49. The van der Waals surface area contributed by atoms with Gasteiger partial charge >= 0.3 is 0 Å². The highest BCUT2D eigenvalue weighted by atomic mass is 19.1. The smallest absolute Gasteiger partial charge is 0.262 e. The maximum absolute atomic E-state index is 14.4. The van der Waals surface area contributed by atoms with Crippen molar-refractivity contribution in [1.29, 1.82) is 0 Å². The van der Waals surface area contributed by atoms with Gasteiger partial charge in [0.05, 0.1) is 7.11 Å². The molecule has 0 aliphatic carbocycles. The van der Waals surface area contributed by atoms with E-state index in [2.05, 4.69) is 5.32 Å². The normalized spacial score (nSPS) is 13.7. The maximum Gasteiger partial charge on any atom is 0.262 e. The van der Waals surface area contributed by atoms with E-state index in [1.54, 1.807) is 17.0 Å². The molecule has 7 heteroatoms. The van der Waals surface area contributed by atoms with Crippen LogP contribution in [-0.2, 0) is 4.79 Å². The number of ether oxygens (including phenoxy) is 2. The summed E-state index contributed by atoms with van der Waals surface area (Å²) in [5, 5.41) is 2.47. The molecule has 1 aliphatic rings. The largest absolute Gasteiger partial charge is 0.493 e. The van der Waals surface area contributed by atoms with E-state index >= 15 is 0 Å². The molecule has 0 radical (unpaired) electrons. The van der Waals surface area contributed by atoms with Gasteiger partial charge in [-0.25, -0.2) is 8.78 Å². The third-order valence-electron chi connectivity index (χ3n) is 4.63. The number of nitrogens with one attached hydrogen (secondary N) is 1. The van der Waals surface area contributed by atoms with Gasteiger partial charge in [0.2, 0.25) is 0 Å². The van der Waals surface area contributed by atoms with Crippen LogP contribution in [0.2, 0.25) is 0 Å². The Bertz CT molecular complexity index is 886. The highest BCUT2D eigenvalue weighted by Gasteiger charge is 2.21. The third kappa shape index (κ3) is 5.04. The molecule has 1 aliphatic heterocycles. The minimum absolute atomic E-state index is 0.0392. The van der Waals surface area contributed by atoms with Gasteiger partial charge in [-0.05, 0) is 49.6 Å². The Morgan fingerprint density at radius 1 is 1.14 bits per heavy atom. The van der Waals surface area contributed by atoms with Gasteiger partial charge in [-0.15, -0.1) is 0 Å². The molecule has 1 heterocycles. The molecule has 0 bridgehead atoms. The lowest BCUT2D eigenvalue weighted by molar-refractivity contribution is -0.118. The number of hydrogen-bond acceptors (Lipinski definition) is 4. The predicted octanol–water partition coefficient (Wildman–Crippen LogP) is 4.62. The fraction of sp³-hybridized carbons (Fsp3) is 0.318. The van der Waals surface area contributed by atoms with Crippen molar-refractivity contribution in [3.05, 3.63) is 53.6 Å². The van der Waals surface area contributed by atoms with E-state index in [0.717, 1.165) is 30.5 Å². The van der Waals surface area contributed by atoms with E-state index in [9.17, 15) is 13.6 Å². The van der Waals surface area contributed by atoms with Gasteiger partial charge in [-0.3, -0.25) is 4.79 Å². The van der Waals surface area contributed by atoms with Crippen LogP contribution in [0.3, 0.4) is 0 Å². The van der Waals surface area contributed by atoms with Crippen molar-refractivity contribution in [3.8, 4) is 11.5 Å². The minimum Gasteiger partial charge on any atom is -0.493 e. The summed E-state index contributed by atoms with van der Waals surface area (Å²) in [6.07, 6.45) is 5.63. The van der Waals surface area contributed by atoms with Crippen LogP contribution in [-0.4, -0.2) is 32.7 Å². The van der Waals surface area contributed by atoms with Crippen molar-refractivity contribution >= 4 is 23.4 Å². The molecule has 0 atom stereocenters. The number of amides is 1. The lowest BCUT2D eigenvalue weighted by Gasteiger charge is -2.20. The van der Waals surface area contributed by atoms with Crippen LogP contribution >= 0.6 is 0 Å². The molecule has 0 aromatic heterocycles. The molecule has 1 N–H and O–H groups in total. The highest BCUT2D eigenvalue weighted by Crippen LogP contribution is 2.30. The number of allylic oxidation sites excluding steroid dienone is 1. The Morgan fingerprint density at radius 2 is 1.83 bits per heavy atom. The van der Waals surface area contributed by atoms with Gasteiger partial charge in [0.1, 0.15) is 5.69 Å². The Hall–Kier alpha value is -3.09. The molecule has 0 saturated carbocycles. The van der Waals surface area contributed by atoms with E-state index in [1.807, 2.05) is 25.1 Å². The molecule has 2 aromatic rings. The van der Waals surface area contributed by atoms with Crippen molar-refractivity contribution in [2.45, 2.75) is 19.8 Å². The summed E-state index contributed by atoms with van der Waals surface area (Å²) in [5.41, 5.74) is 0.944. The molecule has 5 nitrogen and oxygen atoms in total. The third-order valence-corrected chi connectivity index (χ3v) is 4.63. The average Bonchev–Trinajstić information content (AvgIpc) is 3.20. The van der Waals surface area contributed by atoms with Gasteiger partial charge in [0.25, 0.3) is 5.91 Å². The van der Waals surface area contributed by atoms with Crippen LogP contribution in [0.1, 0.15) is 25.3 Å². The molecule has 29 heavy (non-hydrogen) atoms. The van der Waals surface area contributed by atoms with Gasteiger partial charge in [0, 0.05) is 18.8 Å². The first-order chi connectivity index (χ1) is 14.0. The average molecular weight is 402 g/mol. The Morgan fingerprint density at radius 3 is 2.45 bits per heavy atom. The highest BCUT2D eigenvalue weighted by molar-refractivity contribution is 5.92. The van der Waals surface area contributed by atoms with Gasteiger partial charge in [-0.2, -0.15) is 0 Å². The number of nitrogens with zero attached hydrogens (tertiary/aromatic N) is 1. The molecule has 1 saturated heterocycles. The van der Waals surface area contributed by atoms with Gasteiger partial charge in [-0.1, -0.05) is 18.2 Å². The molecular formula is C22H24F2N2O3. The molecule has 0 spiro atoms. The number of benzene rings is 2. The van der Waals surface area contributed by atoms with Crippen LogP contribution in [0, 0.1) is 11.6 Å². The van der Waals surface area contributed by atoms with Gasteiger partial charge < -0.3 is 19.7 Å². The van der Waals surface area contributed by atoms with Crippen LogP contribution in [0.5, 0.6) is 11.5 Å². The topological polar surface area (TPSA) is 50.8 Å². The second-order valence-electron chi connectivity index (χ2n) is 6.73. The maximum atomic E-state index is 14.4. The van der Waals surface area contributed by atoms with E-state index in [1.165, 1.54) is 7.11 Å². The number of rotatable bonds is 7. The summed E-state index contributed by atoms with van der Waals surface area (Å²) in [7, 11) is 1.51. The monoisotopic (exact) mass is 402 g/mol. The molecular weight excluding hydrogens is 378 g/mol. The predicted molar refractivity (Wildman–Crippen MR) is 110 cm³/mol. The van der Waals surface area contributed by atoms with Crippen LogP contribution < -0.4 is 19.7 Å². The summed E-state index contributed by atoms with van der Waals surface area (Å²) in [4.78, 5) is 13.9. The van der Waals surface area contributed by atoms with Crippen molar-refractivity contribution in [1.82, 2.24) is 0 Å². The summed E-state index contributed by atoms with van der Waals surface area (Å²) in [6, 6.07) is 7.57. The number of halogens is 2. The zero-order chi connectivity index (χ0) is 20.8. The number of carbonyl (C=O) groups is 1. The lowest BCUT2D eigenvalue weighted by Crippen LogP contribution is -2.22. The number of carbonyl (C=O) groups excluding carboxylic acids is 1. The number of anilines is 2. The molecule has 154 valence electrons. The number of hydrogen-bond donors (Lipinski definition) is 1. The second-order valence-corrected chi connectivity index (χ2v) is 6.73. The first kappa shape index (κ1) is 20.6. The quantitative estimate of drug-likeness (QED) is 0.734. The lowest BCUT2D eigenvalue weighted by atomic mass is 10.2. The van der Waals surface area contributed by atoms with E-state index in [0.29, 0.717) is 24.6 Å². The van der Waals surface area contributed by atoms with Crippen molar-refractivity contribution < 1.29 is 23.0 Å². The van der Waals surface area contributed by atoms with Crippen molar-refractivity contribution in [2.24, 2.45) is 0 Å². The molecule has 1 fully saturated rings. The molecule has 3 rings (SSSR count). The minimum atomic E-state index is -0.690. The fourth-order valence-electron chi connectivity index (χ4n) is 3.32. The van der Waals surface area contributed by atoms with Gasteiger partial charge in [0.15, 0.2) is 29.7 Å². The second kappa shape index (κ2) is 9.41. The first-order valence-corrected chi connectivity index (χ1v) is 9.49. The summed E-state index contributed by atoms with van der Waals surface area (Å²) < 4.78 is 39.5. The number of methoxy groups -OCH3 is 1. The molecule has 1 amide bonds. The van der Waals surface area contributed by atoms with Crippen LogP contribution in [0.25, 0.3) is 6.08 Å². The van der Waals surface area contributed by atoms with Crippen LogP contribution in [0.15, 0.2) is 36.4 Å². The molecule has 2 aromatic carbocycles. The van der Waals surface area contributed by atoms with Crippen LogP contribution in [0.4, 0.5) is 20.2 Å². The van der Waals surface area contributed by atoms with E-state index in [4.69, 9.17) is 9.47 Å². The summed E-state index contributed by atoms with van der Waals surface area (Å²) in [5.74, 6) is -1.02. The Balaban J connectivity index is 1.64. The Labute approximate surface area is 168 Å². The summed E-state index contributed by atoms with van der Waals surface area (Å²) >= 11 is 0.